The van der Waals surface area contributed by atoms with Crippen LogP contribution in [0.4, 0.5) is 4.39 Å². The van der Waals surface area contributed by atoms with E-state index in [0.717, 1.165) is 18.5 Å². The highest BCUT2D eigenvalue weighted by Crippen LogP contribution is 2.42. The molecule has 0 saturated carbocycles. The van der Waals surface area contributed by atoms with Crippen LogP contribution in [0.25, 0.3) is 0 Å². The zero-order chi connectivity index (χ0) is 13.9. The second-order valence-electron chi connectivity index (χ2n) is 4.94. The van der Waals surface area contributed by atoms with Gasteiger partial charge in [-0.15, -0.1) is 11.8 Å². The lowest BCUT2D eigenvalue weighted by Crippen LogP contribution is -2.30. The number of nitrogens with one attached hydrogen (secondary N) is 1. The minimum Gasteiger partial charge on any atom is -0.309 e. The minimum absolute atomic E-state index is 0.126. The molecule has 0 spiro atoms. The fourth-order valence-corrected chi connectivity index (χ4v) is 4.12. The van der Waals surface area contributed by atoms with E-state index in [0.29, 0.717) is 5.25 Å². The van der Waals surface area contributed by atoms with Crippen molar-refractivity contribution in [3.05, 3.63) is 59.7 Å². The molecule has 1 N–H and O–H groups in total. The summed E-state index contributed by atoms with van der Waals surface area (Å²) >= 11 is 1.87. The molecule has 0 radical (unpaired) electrons. The van der Waals surface area contributed by atoms with Crippen molar-refractivity contribution in [1.29, 1.82) is 0 Å². The third-order valence-corrected chi connectivity index (χ3v) is 4.95. The van der Waals surface area contributed by atoms with Gasteiger partial charge in [0.05, 0.1) is 6.20 Å². The van der Waals surface area contributed by atoms with E-state index < -0.39 is 0 Å². The molecule has 3 rings (SSSR count). The average Bonchev–Trinajstić information content (AvgIpc) is 2.88. The molecule has 1 aromatic heterocycles. The van der Waals surface area contributed by atoms with Gasteiger partial charge in [0, 0.05) is 22.4 Å². The maximum Gasteiger partial charge on any atom is 0.141 e. The predicted molar refractivity (Wildman–Crippen MR) is 80.4 cm³/mol. The highest BCUT2D eigenvalue weighted by Gasteiger charge is 2.30. The molecule has 2 heterocycles. The summed E-state index contributed by atoms with van der Waals surface area (Å²) in [5, 5.41) is 3.86. The summed E-state index contributed by atoms with van der Waals surface area (Å²) in [4.78, 5) is 5.32. The number of thioether (sulfide) groups is 1. The number of hydrogen-bond donors (Lipinski definition) is 1. The maximum atomic E-state index is 13.4. The summed E-state index contributed by atoms with van der Waals surface area (Å²) in [6.45, 7) is 2.93. The smallest absolute Gasteiger partial charge is 0.141 e. The molecular weight excluding hydrogens is 271 g/mol. The predicted octanol–water partition coefficient (Wildman–Crippen LogP) is 3.59. The number of benzene rings is 1. The van der Waals surface area contributed by atoms with Crippen molar-refractivity contribution >= 4 is 11.8 Å². The van der Waals surface area contributed by atoms with E-state index in [2.05, 4.69) is 41.5 Å². The molecule has 2 nitrogen and oxygen atoms in total. The molecule has 0 fully saturated rings. The van der Waals surface area contributed by atoms with Crippen LogP contribution in [0.5, 0.6) is 0 Å². The van der Waals surface area contributed by atoms with Gasteiger partial charge in [0.15, 0.2) is 0 Å². The Labute approximate surface area is 122 Å². The Morgan fingerprint density at radius 2 is 2.25 bits per heavy atom. The van der Waals surface area contributed by atoms with Crippen LogP contribution in [0.15, 0.2) is 47.6 Å². The van der Waals surface area contributed by atoms with E-state index in [4.69, 9.17) is 0 Å². The van der Waals surface area contributed by atoms with Gasteiger partial charge in [-0.2, -0.15) is 0 Å². The van der Waals surface area contributed by atoms with E-state index in [1.54, 1.807) is 12.3 Å². The van der Waals surface area contributed by atoms with Crippen molar-refractivity contribution in [3.63, 3.8) is 0 Å². The van der Waals surface area contributed by atoms with E-state index in [1.807, 2.05) is 11.8 Å². The lowest BCUT2D eigenvalue weighted by Gasteiger charge is -2.23. The molecule has 0 saturated heterocycles. The Morgan fingerprint density at radius 3 is 3.00 bits per heavy atom. The molecule has 1 aromatic carbocycles. The molecule has 20 heavy (non-hydrogen) atoms. The van der Waals surface area contributed by atoms with Crippen LogP contribution in [-0.2, 0) is 6.42 Å². The summed E-state index contributed by atoms with van der Waals surface area (Å²) in [7, 11) is 0. The molecule has 2 atom stereocenters. The van der Waals surface area contributed by atoms with Gasteiger partial charge in [-0.1, -0.05) is 25.1 Å². The largest absolute Gasteiger partial charge is 0.309 e. The van der Waals surface area contributed by atoms with Crippen molar-refractivity contribution in [2.45, 2.75) is 29.5 Å². The fraction of sp³-hybridized carbons (Fsp3) is 0.312. The SMILES string of the molecule is CCNC(c1cncc(F)c1)C1Cc2ccccc2S1. The number of hydrogen-bond acceptors (Lipinski definition) is 3. The van der Waals surface area contributed by atoms with Gasteiger partial charge in [-0.25, -0.2) is 4.39 Å². The van der Waals surface area contributed by atoms with Crippen LogP contribution in [0.3, 0.4) is 0 Å². The molecular formula is C16H17FN2S. The second-order valence-corrected chi connectivity index (χ2v) is 6.22. The van der Waals surface area contributed by atoms with Gasteiger partial charge in [-0.05, 0) is 36.2 Å². The summed E-state index contributed by atoms with van der Waals surface area (Å²) in [6, 6.07) is 10.2. The van der Waals surface area contributed by atoms with Crippen molar-refractivity contribution in [3.8, 4) is 0 Å². The van der Waals surface area contributed by atoms with Crippen molar-refractivity contribution in [2.75, 3.05) is 6.54 Å². The molecule has 2 unspecified atom stereocenters. The Balaban J connectivity index is 1.86. The van der Waals surface area contributed by atoms with Crippen molar-refractivity contribution in [1.82, 2.24) is 10.3 Å². The number of fused-ring (bicyclic) bond motifs is 1. The van der Waals surface area contributed by atoms with Gasteiger partial charge in [0.25, 0.3) is 0 Å². The standard InChI is InChI=1S/C16H17FN2S/c1-2-19-16(12-7-13(17)10-18-9-12)15-8-11-5-3-4-6-14(11)20-15/h3-7,9-10,15-16,19H,2,8H2,1H3. The van der Waals surface area contributed by atoms with Gasteiger partial charge in [-0.3, -0.25) is 4.98 Å². The molecule has 0 bridgehead atoms. The second kappa shape index (κ2) is 5.94. The highest BCUT2D eigenvalue weighted by atomic mass is 32.2. The molecule has 4 heteroatoms. The number of nitrogens with zero attached hydrogens (tertiary/aromatic N) is 1. The van der Waals surface area contributed by atoms with Crippen molar-refractivity contribution < 1.29 is 4.39 Å². The van der Waals surface area contributed by atoms with Gasteiger partial charge < -0.3 is 5.32 Å². The Kier molecular flexibility index (Phi) is 4.03. The maximum absolute atomic E-state index is 13.4. The van der Waals surface area contributed by atoms with Crippen LogP contribution in [0.2, 0.25) is 0 Å². The van der Waals surface area contributed by atoms with E-state index in [-0.39, 0.29) is 11.9 Å². The Hall–Kier alpha value is -1.39. The lowest BCUT2D eigenvalue weighted by atomic mass is 10.00. The molecule has 0 aliphatic carbocycles. The molecule has 0 amide bonds. The summed E-state index contributed by atoms with van der Waals surface area (Å²) < 4.78 is 13.4. The average molecular weight is 288 g/mol. The minimum atomic E-state index is -0.272. The highest BCUT2D eigenvalue weighted by molar-refractivity contribution is 8.00. The number of aromatic nitrogens is 1. The van der Waals surface area contributed by atoms with Gasteiger partial charge >= 0.3 is 0 Å². The first-order chi connectivity index (χ1) is 9.78. The molecule has 1 aliphatic heterocycles. The van der Waals surface area contributed by atoms with E-state index in [9.17, 15) is 4.39 Å². The third-order valence-electron chi connectivity index (χ3n) is 3.55. The topological polar surface area (TPSA) is 24.9 Å². The van der Waals surface area contributed by atoms with E-state index in [1.165, 1.54) is 16.7 Å². The van der Waals surface area contributed by atoms with Crippen molar-refractivity contribution in [2.24, 2.45) is 0 Å². The van der Waals surface area contributed by atoms with Crippen LogP contribution < -0.4 is 5.32 Å². The lowest BCUT2D eigenvalue weighted by molar-refractivity contribution is 0.523. The summed E-state index contributed by atoms with van der Waals surface area (Å²) in [5.41, 5.74) is 2.31. The monoisotopic (exact) mass is 288 g/mol. The molecule has 104 valence electrons. The first-order valence-corrected chi connectivity index (χ1v) is 7.74. The summed E-state index contributed by atoms with van der Waals surface area (Å²) in [6.07, 6.45) is 4.03. The molecule has 1 aliphatic rings. The van der Waals surface area contributed by atoms with Crippen LogP contribution in [0.1, 0.15) is 24.1 Å². The normalized spacial score (nSPS) is 18.8. The Bertz CT molecular complexity index is 578. The molecule has 2 aromatic rings. The van der Waals surface area contributed by atoms with Crippen LogP contribution in [0, 0.1) is 5.82 Å². The third kappa shape index (κ3) is 2.72. The first kappa shape index (κ1) is 13.6. The zero-order valence-electron chi connectivity index (χ0n) is 11.3. The zero-order valence-corrected chi connectivity index (χ0v) is 12.2. The quantitative estimate of drug-likeness (QED) is 0.930. The Morgan fingerprint density at radius 1 is 1.40 bits per heavy atom. The van der Waals surface area contributed by atoms with E-state index >= 15 is 0 Å². The number of rotatable bonds is 4. The van der Waals surface area contributed by atoms with Crippen LogP contribution >= 0.6 is 11.8 Å². The van der Waals surface area contributed by atoms with Gasteiger partial charge in [0.1, 0.15) is 5.82 Å². The van der Waals surface area contributed by atoms with Crippen LogP contribution in [-0.4, -0.2) is 16.8 Å². The number of pyridine rings is 1. The first-order valence-electron chi connectivity index (χ1n) is 6.86. The summed E-state index contributed by atoms with van der Waals surface area (Å²) in [5.74, 6) is -0.272. The van der Waals surface area contributed by atoms with Gasteiger partial charge in [0.2, 0.25) is 0 Å². The number of halogens is 1. The fourth-order valence-electron chi connectivity index (χ4n) is 2.68.